The van der Waals surface area contributed by atoms with Crippen LogP contribution >= 0.6 is 0 Å². The molecule has 0 spiro atoms. The van der Waals surface area contributed by atoms with Crippen molar-refractivity contribution in [2.24, 2.45) is 5.73 Å². The van der Waals surface area contributed by atoms with Gasteiger partial charge in [0.25, 0.3) is 6.43 Å². The third-order valence-electron chi connectivity index (χ3n) is 3.62. The summed E-state index contributed by atoms with van der Waals surface area (Å²) in [5.41, 5.74) is 6.51. The van der Waals surface area contributed by atoms with Gasteiger partial charge in [0.15, 0.2) is 0 Å². The smallest absolute Gasteiger partial charge is 0.263 e. The number of nitrogens with zero attached hydrogens (tertiary/aromatic N) is 1. The molecule has 3 nitrogen and oxygen atoms in total. The summed E-state index contributed by atoms with van der Waals surface area (Å²) in [5.74, 6) is 0.00735. The maximum Gasteiger partial charge on any atom is 0.263 e. The van der Waals surface area contributed by atoms with Crippen molar-refractivity contribution in [1.82, 2.24) is 4.90 Å². The van der Waals surface area contributed by atoms with E-state index in [0.717, 1.165) is 5.56 Å². The predicted molar refractivity (Wildman–Crippen MR) is 73.3 cm³/mol. The number of rotatable bonds is 2. The normalized spacial score (nSPS) is 23.8. The fourth-order valence-electron chi connectivity index (χ4n) is 2.78. The van der Waals surface area contributed by atoms with Gasteiger partial charge in [0, 0.05) is 23.6 Å². The summed E-state index contributed by atoms with van der Waals surface area (Å²) in [5, 5.41) is 0. The second-order valence-corrected chi connectivity index (χ2v) is 6.21. The first-order valence-corrected chi connectivity index (χ1v) is 6.67. The molecule has 0 radical (unpaired) electrons. The van der Waals surface area contributed by atoms with E-state index >= 15 is 0 Å². The molecule has 1 fully saturated rings. The summed E-state index contributed by atoms with van der Waals surface area (Å²) < 4.78 is 25.2. The van der Waals surface area contributed by atoms with Crippen molar-refractivity contribution in [2.45, 2.75) is 51.2 Å². The van der Waals surface area contributed by atoms with Gasteiger partial charge in [0.1, 0.15) is 0 Å². The average Bonchev–Trinajstić information content (AvgIpc) is 2.64. The molecule has 5 heteroatoms. The minimum Gasteiger partial charge on any atom is -0.329 e. The second-order valence-electron chi connectivity index (χ2n) is 6.21. The van der Waals surface area contributed by atoms with E-state index in [2.05, 4.69) is 0 Å². The number of nitrogens with two attached hydrogens (primary N) is 1. The van der Waals surface area contributed by atoms with Gasteiger partial charge >= 0.3 is 0 Å². The minimum absolute atomic E-state index is 0.00735. The lowest BCUT2D eigenvalue weighted by Crippen LogP contribution is -2.45. The van der Waals surface area contributed by atoms with E-state index in [9.17, 15) is 13.6 Å². The van der Waals surface area contributed by atoms with Gasteiger partial charge in [-0.2, -0.15) is 0 Å². The Balaban J connectivity index is 2.36. The summed E-state index contributed by atoms with van der Waals surface area (Å²) in [4.78, 5) is 13.9. The Labute approximate surface area is 117 Å². The minimum atomic E-state index is -2.48. The Kier molecular flexibility index (Phi) is 3.82. The second kappa shape index (κ2) is 5.13. The van der Waals surface area contributed by atoms with Gasteiger partial charge in [0.2, 0.25) is 5.91 Å². The van der Waals surface area contributed by atoms with E-state index < -0.39 is 6.43 Å². The molecule has 1 aliphatic rings. The van der Waals surface area contributed by atoms with E-state index in [4.69, 9.17) is 5.73 Å². The predicted octanol–water partition coefficient (Wildman–Crippen LogP) is 3.02. The van der Waals surface area contributed by atoms with E-state index in [0.29, 0.717) is 6.42 Å². The number of hydrogen-bond donors (Lipinski definition) is 1. The van der Waals surface area contributed by atoms with Gasteiger partial charge in [0.05, 0.1) is 6.04 Å². The standard InChI is InChI=1S/C15H20F2N2O/c1-15(2,3)19-12(20)8-11(18)13(19)9-4-6-10(7-5-9)14(16)17/h4-7,11,13-14H,8,18H2,1-3H3. The number of hydrogen-bond acceptors (Lipinski definition) is 2. The molecule has 0 saturated carbocycles. The van der Waals surface area contributed by atoms with Gasteiger partial charge in [-0.25, -0.2) is 8.78 Å². The van der Waals surface area contributed by atoms with E-state index in [1.807, 2.05) is 20.8 Å². The number of amides is 1. The van der Waals surface area contributed by atoms with Crippen LogP contribution in [0.5, 0.6) is 0 Å². The summed E-state index contributed by atoms with van der Waals surface area (Å²) in [6.45, 7) is 5.84. The fourth-order valence-corrected chi connectivity index (χ4v) is 2.78. The van der Waals surface area contributed by atoms with E-state index in [1.54, 1.807) is 17.0 Å². The zero-order valence-electron chi connectivity index (χ0n) is 11.9. The lowest BCUT2D eigenvalue weighted by Gasteiger charge is -2.38. The molecule has 1 aliphatic heterocycles. The highest BCUT2D eigenvalue weighted by Crippen LogP contribution is 2.37. The first-order chi connectivity index (χ1) is 9.21. The number of halogens is 2. The molecule has 2 rings (SSSR count). The van der Waals surface area contributed by atoms with Crippen molar-refractivity contribution < 1.29 is 13.6 Å². The Hall–Kier alpha value is -1.49. The molecule has 1 aromatic carbocycles. The van der Waals surface area contributed by atoms with Crippen LogP contribution in [0, 0.1) is 0 Å². The number of likely N-dealkylation sites (tertiary alicyclic amines) is 1. The Morgan fingerprint density at radius 1 is 1.25 bits per heavy atom. The molecule has 1 heterocycles. The Morgan fingerprint density at radius 2 is 1.80 bits per heavy atom. The molecule has 0 bridgehead atoms. The number of carbonyl (C=O) groups is 1. The summed E-state index contributed by atoms with van der Waals surface area (Å²) in [6, 6.07) is 5.52. The van der Waals surface area contributed by atoms with Crippen molar-refractivity contribution in [3.63, 3.8) is 0 Å². The third-order valence-corrected chi connectivity index (χ3v) is 3.62. The number of benzene rings is 1. The van der Waals surface area contributed by atoms with Gasteiger partial charge in [-0.3, -0.25) is 4.79 Å². The summed E-state index contributed by atoms with van der Waals surface area (Å²) >= 11 is 0. The SMILES string of the molecule is CC(C)(C)N1C(=O)CC(N)C1c1ccc(C(F)F)cc1. The highest BCUT2D eigenvalue weighted by atomic mass is 19.3. The number of alkyl halides is 2. The molecule has 110 valence electrons. The van der Waals surface area contributed by atoms with Gasteiger partial charge < -0.3 is 10.6 Å². The average molecular weight is 282 g/mol. The molecular formula is C15H20F2N2O. The number of carbonyl (C=O) groups excluding carboxylic acids is 1. The zero-order valence-corrected chi connectivity index (χ0v) is 11.9. The molecule has 2 N–H and O–H groups in total. The maximum atomic E-state index is 12.6. The highest BCUT2D eigenvalue weighted by molar-refractivity contribution is 5.81. The molecule has 0 aliphatic carbocycles. The first-order valence-electron chi connectivity index (χ1n) is 6.67. The maximum absolute atomic E-state index is 12.6. The van der Waals surface area contributed by atoms with Crippen LogP contribution in [-0.2, 0) is 4.79 Å². The summed E-state index contributed by atoms with van der Waals surface area (Å²) in [7, 11) is 0. The molecule has 1 saturated heterocycles. The molecule has 0 aromatic heterocycles. The van der Waals surface area contributed by atoms with Crippen LogP contribution in [0.4, 0.5) is 8.78 Å². The molecule has 2 unspecified atom stereocenters. The first kappa shape index (κ1) is 14.9. The van der Waals surface area contributed by atoms with Crippen molar-refractivity contribution >= 4 is 5.91 Å². The van der Waals surface area contributed by atoms with Crippen LogP contribution in [0.3, 0.4) is 0 Å². The topological polar surface area (TPSA) is 46.3 Å². The lowest BCUT2D eigenvalue weighted by molar-refractivity contribution is -0.133. The molecule has 2 atom stereocenters. The molecule has 20 heavy (non-hydrogen) atoms. The van der Waals surface area contributed by atoms with Gasteiger partial charge in [-0.15, -0.1) is 0 Å². The van der Waals surface area contributed by atoms with Crippen LogP contribution in [0.2, 0.25) is 0 Å². The fraction of sp³-hybridized carbons (Fsp3) is 0.533. The van der Waals surface area contributed by atoms with Crippen molar-refractivity contribution in [3.05, 3.63) is 35.4 Å². The Morgan fingerprint density at radius 3 is 2.25 bits per heavy atom. The van der Waals surface area contributed by atoms with Crippen LogP contribution in [0.25, 0.3) is 0 Å². The van der Waals surface area contributed by atoms with Gasteiger partial charge in [-0.05, 0) is 26.3 Å². The van der Waals surface area contributed by atoms with Crippen LogP contribution in [0.1, 0.15) is 50.8 Å². The lowest BCUT2D eigenvalue weighted by atomic mass is 9.96. The van der Waals surface area contributed by atoms with E-state index in [1.165, 1.54) is 12.1 Å². The zero-order chi connectivity index (χ0) is 15.1. The largest absolute Gasteiger partial charge is 0.329 e. The van der Waals surface area contributed by atoms with Crippen molar-refractivity contribution in [2.75, 3.05) is 0 Å². The molecule has 1 amide bonds. The van der Waals surface area contributed by atoms with Crippen LogP contribution in [-0.4, -0.2) is 22.4 Å². The van der Waals surface area contributed by atoms with Crippen molar-refractivity contribution in [1.29, 1.82) is 0 Å². The summed E-state index contributed by atoms with van der Waals surface area (Å²) in [6.07, 6.45) is -2.19. The van der Waals surface area contributed by atoms with Crippen LogP contribution < -0.4 is 5.73 Å². The Bertz CT molecular complexity index is 494. The van der Waals surface area contributed by atoms with Gasteiger partial charge in [-0.1, -0.05) is 24.3 Å². The monoisotopic (exact) mass is 282 g/mol. The molecule has 1 aromatic rings. The quantitative estimate of drug-likeness (QED) is 0.906. The van der Waals surface area contributed by atoms with E-state index in [-0.39, 0.29) is 29.1 Å². The van der Waals surface area contributed by atoms with Crippen molar-refractivity contribution in [3.8, 4) is 0 Å². The van der Waals surface area contributed by atoms with Crippen LogP contribution in [0.15, 0.2) is 24.3 Å². The highest BCUT2D eigenvalue weighted by Gasteiger charge is 2.43. The molecular weight excluding hydrogens is 262 g/mol. The third kappa shape index (κ3) is 2.68.